The van der Waals surface area contributed by atoms with Gasteiger partial charge in [0, 0.05) is 55.7 Å². The summed E-state index contributed by atoms with van der Waals surface area (Å²) in [5, 5.41) is 0. The maximum absolute atomic E-state index is 11.9. The number of hydrogen-bond acceptors (Lipinski definition) is 10. The zero-order valence-corrected chi connectivity index (χ0v) is 20.0. The van der Waals surface area contributed by atoms with Crippen molar-refractivity contribution in [3.05, 3.63) is 18.0 Å². The topological polar surface area (TPSA) is 131 Å². The van der Waals surface area contributed by atoms with Crippen molar-refractivity contribution < 1.29 is 13.2 Å². The normalized spacial score (nSPS) is 25.3. The molecule has 2 aromatic heterocycles. The quantitative estimate of drug-likeness (QED) is 0.654. The number of nitrogens with two attached hydrogens (primary N) is 1. The molecule has 1 saturated carbocycles. The van der Waals surface area contributed by atoms with E-state index in [0.29, 0.717) is 19.2 Å². The van der Waals surface area contributed by atoms with Gasteiger partial charge in [0.05, 0.1) is 31.2 Å². The Morgan fingerprint density at radius 3 is 2.55 bits per heavy atom. The maximum Gasteiger partial charge on any atom is 0.228 e. The van der Waals surface area contributed by atoms with Crippen molar-refractivity contribution in [1.29, 1.82) is 0 Å². The fourth-order valence-corrected chi connectivity index (χ4v) is 5.57. The summed E-state index contributed by atoms with van der Waals surface area (Å²) >= 11 is 0. The Labute approximate surface area is 194 Å². The highest BCUT2D eigenvalue weighted by Gasteiger charge is 2.42. The van der Waals surface area contributed by atoms with Crippen LogP contribution in [0.3, 0.4) is 0 Å². The standard InChI is InChI=1S/C21H30N8O3S/c1-13-12-32-7-6-28(13)21-25-18(14-10-23-20(22)24-11-14)17-4-5-29(19(17)26-21)16-8-15(9-16)27(2)33(3,30)31/h10-11,13,15-16H,4-9,12H2,1-3H3,(H2,22,23,24)/t13-,15?,16?/m0/s1. The lowest BCUT2D eigenvalue weighted by Crippen LogP contribution is -2.54. The Hall–Kier alpha value is -2.57. The first kappa shape index (κ1) is 22.2. The van der Waals surface area contributed by atoms with E-state index in [1.165, 1.54) is 10.6 Å². The van der Waals surface area contributed by atoms with Gasteiger partial charge in [0.15, 0.2) is 0 Å². The van der Waals surface area contributed by atoms with Crippen LogP contribution < -0.4 is 15.5 Å². The third-order valence-corrected chi connectivity index (χ3v) is 8.33. The van der Waals surface area contributed by atoms with Crippen molar-refractivity contribution in [2.24, 2.45) is 0 Å². The van der Waals surface area contributed by atoms with Gasteiger partial charge in [-0.3, -0.25) is 0 Å². The molecule has 33 heavy (non-hydrogen) atoms. The van der Waals surface area contributed by atoms with E-state index in [2.05, 4.69) is 26.7 Å². The molecule has 0 bridgehead atoms. The van der Waals surface area contributed by atoms with Crippen molar-refractivity contribution >= 4 is 27.7 Å². The molecule has 5 rings (SSSR count). The Morgan fingerprint density at radius 2 is 1.88 bits per heavy atom. The van der Waals surface area contributed by atoms with Gasteiger partial charge in [-0.25, -0.2) is 27.7 Å². The first-order chi connectivity index (χ1) is 15.7. The molecule has 3 aliphatic rings. The van der Waals surface area contributed by atoms with Crippen molar-refractivity contribution in [2.45, 2.75) is 44.3 Å². The van der Waals surface area contributed by atoms with Crippen LogP contribution in [0.5, 0.6) is 0 Å². The number of nitrogens with zero attached hydrogens (tertiary/aromatic N) is 7. The van der Waals surface area contributed by atoms with Gasteiger partial charge in [-0.2, -0.15) is 4.98 Å². The van der Waals surface area contributed by atoms with Crippen molar-refractivity contribution in [2.75, 3.05) is 55.1 Å². The molecule has 0 unspecified atom stereocenters. The molecule has 11 nitrogen and oxygen atoms in total. The molecular formula is C21H30N8O3S. The summed E-state index contributed by atoms with van der Waals surface area (Å²) in [5.41, 5.74) is 8.43. The minimum atomic E-state index is -3.20. The third-order valence-electron chi connectivity index (χ3n) is 6.98. The van der Waals surface area contributed by atoms with Gasteiger partial charge in [0.2, 0.25) is 21.9 Å². The number of hydrogen-bond donors (Lipinski definition) is 1. The SMILES string of the molecule is C[C@H]1COCCN1c1nc(-c2cnc(N)nc2)c2c(n1)N(C1CC(N(C)S(C)(=O)=O)C1)CC2. The molecule has 2 aromatic rings. The molecule has 0 aromatic carbocycles. The van der Waals surface area contributed by atoms with Crippen LogP contribution >= 0.6 is 0 Å². The van der Waals surface area contributed by atoms with Gasteiger partial charge in [0.1, 0.15) is 5.82 Å². The van der Waals surface area contributed by atoms with Crippen LogP contribution in [0.1, 0.15) is 25.3 Å². The highest BCUT2D eigenvalue weighted by Crippen LogP contribution is 2.41. The van der Waals surface area contributed by atoms with Gasteiger partial charge >= 0.3 is 0 Å². The lowest BCUT2D eigenvalue weighted by atomic mass is 9.86. The van der Waals surface area contributed by atoms with E-state index < -0.39 is 10.0 Å². The number of fused-ring (bicyclic) bond motifs is 1. The summed E-state index contributed by atoms with van der Waals surface area (Å²) in [5.74, 6) is 1.83. The smallest absolute Gasteiger partial charge is 0.228 e. The number of ether oxygens (including phenoxy) is 1. The Kier molecular flexibility index (Phi) is 5.61. The monoisotopic (exact) mass is 474 g/mol. The average molecular weight is 475 g/mol. The molecule has 4 heterocycles. The Morgan fingerprint density at radius 1 is 1.15 bits per heavy atom. The second-order valence-corrected chi connectivity index (χ2v) is 11.2. The zero-order valence-electron chi connectivity index (χ0n) is 19.2. The minimum absolute atomic E-state index is 0.0274. The van der Waals surface area contributed by atoms with Crippen molar-refractivity contribution in [3.8, 4) is 11.3 Å². The number of rotatable bonds is 5. The number of anilines is 3. The van der Waals surface area contributed by atoms with E-state index in [1.807, 2.05) is 0 Å². The highest BCUT2D eigenvalue weighted by molar-refractivity contribution is 7.88. The van der Waals surface area contributed by atoms with E-state index in [4.69, 9.17) is 20.4 Å². The first-order valence-electron chi connectivity index (χ1n) is 11.2. The lowest BCUT2D eigenvalue weighted by molar-refractivity contribution is 0.0981. The summed E-state index contributed by atoms with van der Waals surface area (Å²) in [6.07, 6.45) is 7.07. The summed E-state index contributed by atoms with van der Waals surface area (Å²) in [4.78, 5) is 22.8. The van der Waals surface area contributed by atoms with Crippen LogP contribution in [0.15, 0.2) is 12.4 Å². The van der Waals surface area contributed by atoms with Gasteiger partial charge in [-0.05, 0) is 26.2 Å². The fourth-order valence-electron chi connectivity index (χ4n) is 4.86. The summed E-state index contributed by atoms with van der Waals surface area (Å²) < 4.78 is 30.9. The van der Waals surface area contributed by atoms with E-state index in [9.17, 15) is 8.42 Å². The predicted molar refractivity (Wildman–Crippen MR) is 126 cm³/mol. The van der Waals surface area contributed by atoms with Gasteiger partial charge < -0.3 is 20.3 Å². The Balaban J connectivity index is 1.49. The van der Waals surface area contributed by atoms with Crippen LogP contribution in [-0.4, -0.2) is 90.4 Å². The largest absolute Gasteiger partial charge is 0.377 e. The summed E-state index contributed by atoms with van der Waals surface area (Å²) in [6, 6.07) is 0.444. The predicted octanol–water partition coefficient (Wildman–Crippen LogP) is 0.526. The molecule has 1 aliphatic carbocycles. The van der Waals surface area contributed by atoms with Gasteiger partial charge in [-0.15, -0.1) is 0 Å². The van der Waals surface area contributed by atoms with Crippen LogP contribution in [0.2, 0.25) is 0 Å². The van der Waals surface area contributed by atoms with Crippen molar-refractivity contribution in [1.82, 2.24) is 24.2 Å². The zero-order chi connectivity index (χ0) is 23.3. The molecule has 178 valence electrons. The van der Waals surface area contributed by atoms with Crippen LogP contribution in [-0.2, 0) is 21.2 Å². The fraction of sp³-hybridized carbons (Fsp3) is 0.619. The molecule has 2 N–H and O–H groups in total. The minimum Gasteiger partial charge on any atom is -0.377 e. The summed E-state index contributed by atoms with van der Waals surface area (Å²) in [6.45, 7) is 4.93. The second kappa shape index (κ2) is 8.33. The van der Waals surface area contributed by atoms with Gasteiger partial charge in [0.25, 0.3) is 0 Å². The van der Waals surface area contributed by atoms with E-state index in [0.717, 1.165) is 55.0 Å². The van der Waals surface area contributed by atoms with Crippen LogP contribution in [0, 0.1) is 0 Å². The van der Waals surface area contributed by atoms with E-state index >= 15 is 0 Å². The molecule has 2 fully saturated rings. The second-order valence-electron chi connectivity index (χ2n) is 9.12. The number of aromatic nitrogens is 4. The number of morpholine rings is 1. The molecular weight excluding hydrogens is 444 g/mol. The average Bonchev–Trinajstić information content (AvgIpc) is 3.16. The lowest BCUT2D eigenvalue weighted by Gasteiger charge is -2.45. The molecule has 2 aliphatic heterocycles. The van der Waals surface area contributed by atoms with E-state index in [-0.39, 0.29) is 24.1 Å². The molecule has 1 atom stereocenters. The molecule has 0 amide bonds. The highest BCUT2D eigenvalue weighted by atomic mass is 32.2. The number of nitrogen functional groups attached to an aromatic ring is 1. The van der Waals surface area contributed by atoms with Crippen molar-refractivity contribution in [3.63, 3.8) is 0 Å². The Bertz CT molecular complexity index is 1140. The maximum atomic E-state index is 11.9. The molecule has 1 saturated heterocycles. The van der Waals surface area contributed by atoms with Gasteiger partial charge in [-0.1, -0.05) is 0 Å². The first-order valence-corrected chi connectivity index (χ1v) is 13.1. The van der Waals surface area contributed by atoms with Crippen LogP contribution in [0.25, 0.3) is 11.3 Å². The number of sulfonamides is 1. The molecule has 0 spiro atoms. The molecule has 0 radical (unpaired) electrons. The summed E-state index contributed by atoms with van der Waals surface area (Å²) in [7, 11) is -1.54. The third kappa shape index (κ3) is 4.11. The van der Waals surface area contributed by atoms with E-state index in [1.54, 1.807) is 19.4 Å². The molecule has 12 heteroatoms. The van der Waals surface area contributed by atoms with Crippen LogP contribution in [0.4, 0.5) is 17.7 Å².